The van der Waals surface area contributed by atoms with Gasteiger partial charge >= 0.3 is 0 Å². The molecule has 0 aromatic carbocycles. The van der Waals surface area contributed by atoms with Crippen LogP contribution in [0.3, 0.4) is 0 Å². The minimum Gasteiger partial charge on any atom is -0.394 e. The van der Waals surface area contributed by atoms with E-state index >= 15 is 0 Å². The second-order valence-corrected chi connectivity index (χ2v) is 11.4. The third kappa shape index (κ3) is 28.2. The van der Waals surface area contributed by atoms with Gasteiger partial charge < -0.3 is 20.6 Å². The first-order valence-electron chi connectivity index (χ1n) is 17.0. The normalized spacial score (nSPS) is 14.6. The summed E-state index contributed by atoms with van der Waals surface area (Å²) < 4.78 is 0. The number of unbranched alkanes of at least 4 members (excludes halogenated alkanes) is 15. The van der Waals surface area contributed by atoms with Gasteiger partial charge in [-0.3, -0.25) is 4.79 Å². The predicted octanol–water partition coefficient (Wildman–Crippen LogP) is 8.64. The summed E-state index contributed by atoms with van der Waals surface area (Å²) in [4.78, 5) is 12.3. The van der Waals surface area contributed by atoms with E-state index in [0.29, 0.717) is 6.42 Å². The molecule has 0 aromatic rings. The third-order valence-corrected chi connectivity index (χ3v) is 7.42. The minimum atomic E-state index is -0.870. The molecule has 0 radical (unpaired) electrons. The highest BCUT2D eigenvalue weighted by atomic mass is 16.3. The number of nitrogens with one attached hydrogen (secondary N) is 1. The summed E-state index contributed by atoms with van der Waals surface area (Å²) in [6.07, 6.45) is 37.8. The van der Waals surface area contributed by atoms with Gasteiger partial charge in [0.2, 0.25) is 5.91 Å². The SMILES string of the molecule is CC/C=C/C/C=C/C=C/C(O)CCCCCCCC(=O)N[C@@H](CO)[C@H](O)/C=C/CCCCCCCCCCCCC. The first-order valence-corrected chi connectivity index (χ1v) is 17.0. The molecule has 238 valence electrons. The van der Waals surface area contributed by atoms with Crippen molar-refractivity contribution < 1.29 is 20.1 Å². The van der Waals surface area contributed by atoms with Crippen LogP contribution in [0, 0.1) is 0 Å². The molecule has 0 fully saturated rings. The number of carbonyl (C=O) groups is 1. The molecule has 0 aromatic heterocycles. The molecular formula is C36H65NO4. The van der Waals surface area contributed by atoms with E-state index in [1.165, 1.54) is 64.2 Å². The van der Waals surface area contributed by atoms with Crippen LogP contribution in [0.2, 0.25) is 0 Å². The molecule has 0 saturated carbocycles. The molecule has 0 aliphatic carbocycles. The Kier molecular flexibility index (Phi) is 30.0. The topological polar surface area (TPSA) is 89.8 Å². The van der Waals surface area contributed by atoms with Crippen LogP contribution >= 0.6 is 0 Å². The van der Waals surface area contributed by atoms with Crippen molar-refractivity contribution in [3.05, 3.63) is 48.6 Å². The molecule has 1 unspecified atom stereocenters. The lowest BCUT2D eigenvalue weighted by molar-refractivity contribution is -0.123. The average Bonchev–Trinajstić information content (AvgIpc) is 2.97. The van der Waals surface area contributed by atoms with Crippen LogP contribution in [0.5, 0.6) is 0 Å². The fourth-order valence-electron chi connectivity index (χ4n) is 4.77. The molecule has 0 saturated heterocycles. The van der Waals surface area contributed by atoms with Crippen molar-refractivity contribution in [1.82, 2.24) is 5.32 Å². The zero-order valence-corrected chi connectivity index (χ0v) is 26.7. The second kappa shape index (κ2) is 31.3. The average molecular weight is 576 g/mol. The van der Waals surface area contributed by atoms with Crippen molar-refractivity contribution in [1.29, 1.82) is 0 Å². The molecule has 0 aliphatic rings. The summed E-state index contributed by atoms with van der Waals surface area (Å²) in [5.74, 6) is -0.124. The van der Waals surface area contributed by atoms with Gasteiger partial charge in [0.05, 0.1) is 24.9 Å². The molecule has 0 aliphatic heterocycles. The monoisotopic (exact) mass is 575 g/mol. The molecule has 5 heteroatoms. The maximum Gasteiger partial charge on any atom is 0.220 e. The van der Waals surface area contributed by atoms with Crippen LogP contribution in [-0.2, 0) is 4.79 Å². The highest BCUT2D eigenvalue weighted by Gasteiger charge is 2.17. The van der Waals surface area contributed by atoms with Crippen LogP contribution in [0.25, 0.3) is 0 Å². The zero-order valence-electron chi connectivity index (χ0n) is 26.7. The van der Waals surface area contributed by atoms with Crippen molar-refractivity contribution >= 4 is 5.91 Å². The number of aliphatic hydroxyl groups is 3. The van der Waals surface area contributed by atoms with Gasteiger partial charge in [0, 0.05) is 6.42 Å². The van der Waals surface area contributed by atoms with Crippen LogP contribution in [-0.4, -0.2) is 46.1 Å². The van der Waals surface area contributed by atoms with Crippen LogP contribution in [0.4, 0.5) is 0 Å². The van der Waals surface area contributed by atoms with E-state index < -0.39 is 18.2 Å². The van der Waals surface area contributed by atoms with Crippen molar-refractivity contribution in [2.24, 2.45) is 0 Å². The summed E-state index contributed by atoms with van der Waals surface area (Å²) >= 11 is 0. The summed E-state index contributed by atoms with van der Waals surface area (Å²) in [7, 11) is 0. The first kappa shape index (κ1) is 39.3. The lowest BCUT2D eigenvalue weighted by Gasteiger charge is -2.20. The number of rotatable bonds is 29. The van der Waals surface area contributed by atoms with E-state index in [4.69, 9.17) is 0 Å². The standard InChI is InChI=1S/C36H65NO4/c1-3-5-7-9-11-12-13-14-15-16-18-22-26-30-35(40)34(32-38)37-36(41)31-27-23-19-21-25-29-33(39)28-24-20-17-10-8-6-4-2/h6,8,17,20,24,26,28,30,33-35,38-40H,3-5,7,9-16,18-19,21-23,25,27,29,31-32H2,1-2H3,(H,37,41)/b8-6+,20-17+,28-24+,30-26+/t33?,34-,35+/m0/s1. The van der Waals surface area contributed by atoms with Gasteiger partial charge in [-0.05, 0) is 38.5 Å². The fourth-order valence-corrected chi connectivity index (χ4v) is 4.77. The summed E-state index contributed by atoms with van der Waals surface area (Å²) in [5, 5.41) is 32.8. The summed E-state index contributed by atoms with van der Waals surface area (Å²) in [6.45, 7) is 4.10. The largest absolute Gasteiger partial charge is 0.394 e. The van der Waals surface area contributed by atoms with Gasteiger partial charge in [-0.25, -0.2) is 0 Å². The molecule has 41 heavy (non-hydrogen) atoms. The number of aliphatic hydroxyl groups excluding tert-OH is 3. The second-order valence-electron chi connectivity index (χ2n) is 11.4. The van der Waals surface area contributed by atoms with Gasteiger partial charge in [0.1, 0.15) is 0 Å². The van der Waals surface area contributed by atoms with Crippen LogP contribution in [0.15, 0.2) is 48.6 Å². The molecule has 5 nitrogen and oxygen atoms in total. The Hall–Kier alpha value is -1.69. The lowest BCUT2D eigenvalue weighted by atomic mass is 10.0. The number of carbonyl (C=O) groups excluding carboxylic acids is 1. The van der Waals surface area contributed by atoms with Gasteiger partial charge in [-0.2, -0.15) is 0 Å². The van der Waals surface area contributed by atoms with E-state index in [2.05, 4.69) is 37.4 Å². The molecule has 3 atom stereocenters. The highest BCUT2D eigenvalue weighted by Crippen LogP contribution is 2.13. The Morgan fingerprint density at radius 2 is 1.29 bits per heavy atom. The molecular weight excluding hydrogens is 510 g/mol. The molecule has 0 heterocycles. The van der Waals surface area contributed by atoms with E-state index in [-0.39, 0.29) is 12.5 Å². The smallest absolute Gasteiger partial charge is 0.220 e. The Morgan fingerprint density at radius 3 is 1.93 bits per heavy atom. The molecule has 0 spiro atoms. The first-order chi connectivity index (χ1) is 20.0. The number of amides is 1. The van der Waals surface area contributed by atoms with E-state index in [0.717, 1.165) is 64.2 Å². The van der Waals surface area contributed by atoms with Crippen LogP contribution in [0.1, 0.15) is 149 Å². The van der Waals surface area contributed by atoms with Crippen molar-refractivity contribution in [2.75, 3.05) is 6.61 Å². The molecule has 4 N–H and O–H groups in total. The number of hydrogen-bond acceptors (Lipinski definition) is 4. The predicted molar refractivity (Wildman–Crippen MR) is 176 cm³/mol. The minimum absolute atomic E-state index is 0.124. The Bertz CT molecular complexity index is 685. The number of hydrogen-bond donors (Lipinski definition) is 4. The zero-order chi connectivity index (χ0) is 30.2. The van der Waals surface area contributed by atoms with Crippen molar-refractivity contribution in [2.45, 2.75) is 167 Å². The Balaban J connectivity index is 3.79. The van der Waals surface area contributed by atoms with Gasteiger partial charge in [0.25, 0.3) is 0 Å². The van der Waals surface area contributed by atoms with E-state index in [1.54, 1.807) is 6.08 Å². The van der Waals surface area contributed by atoms with Gasteiger partial charge in [-0.15, -0.1) is 0 Å². The summed E-state index contributed by atoms with van der Waals surface area (Å²) in [5.41, 5.74) is 0. The van der Waals surface area contributed by atoms with Gasteiger partial charge in [-0.1, -0.05) is 152 Å². The highest BCUT2D eigenvalue weighted by molar-refractivity contribution is 5.76. The number of allylic oxidation sites excluding steroid dienone is 6. The Morgan fingerprint density at radius 1 is 0.683 bits per heavy atom. The van der Waals surface area contributed by atoms with E-state index in [1.807, 2.05) is 24.3 Å². The third-order valence-electron chi connectivity index (χ3n) is 7.42. The van der Waals surface area contributed by atoms with E-state index in [9.17, 15) is 20.1 Å². The van der Waals surface area contributed by atoms with Gasteiger partial charge in [0.15, 0.2) is 0 Å². The maximum atomic E-state index is 12.3. The molecule has 1 amide bonds. The fraction of sp³-hybridized carbons (Fsp3) is 0.750. The van der Waals surface area contributed by atoms with Crippen molar-refractivity contribution in [3.8, 4) is 0 Å². The molecule has 0 rings (SSSR count). The lowest BCUT2D eigenvalue weighted by Crippen LogP contribution is -2.45. The van der Waals surface area contributed by atoms with Crippen LogP contribution < -0.4 is 5.32 Å². The molecule has 0 bridgehead atoms. The maximum absolute atomic E-state index is 12.3. The Labute approximate surface area is 253 Å². The van der Waals surface area contributed by atoms with Crippen molar-refractivity contribution in [3.63, 3.8) is 0 Å². The summed E-state index contributed by atoms with van der Waals surface area (Å²) in [6, 6.07) is -0.659. The quantitative estimate of drug-likeness (QED) is 0.0408.